The van der Waals surface area contributed by atoms with Crippen molar-refractivity contribution in [3.05, 3.63) is 28.8 Å². The van der Waals surface area contributed by atoms with Crippen molar-refractivity contribution < 1.29 is 5.11 Å². The molecule has 1 aliphatic rings. The number of aromatic hydroxyl groups is 1. The normalized spacial score (nSPS) is 23.7. The van der Waals surface area contributed by atoms with Crippen LogP contribution in [0.2, 0.25) is 0 Å². The largest absolute Gasteiger partial charge is 0.508 e. The van der Waals surface area contributed by atoms with Crippen molar-refractivity contribution in [2.75, 3.05) is 34.2 Å². The lowest BCUT2D eigenvalue weighted by molar-refractivity contribution is 0.311. The first kappa shape index (κ1) is 15.3. The van der Waals surface area contributed by atoms with Crippen molar-refractivity contribution in [3.8, 4) is 5.75 Å². The number of nitrogens with two attached hydrogens (primary N) is 1. The second-order valence-corrected chi connectivity index (χ2v) is 6.31. The molecule has 0 radical (unpaired) electrons. The lowest BCUT2D eigenvalue weighted by Gasteiger charge is -2.24. The van der Waals surface area contributed by atoms with Crippen LogP contribution in [-0.4, -0.2) is 49.1 Å². The molecule has 2 unspecified atom stereocenters. The highest BCUT2D eigenvalue weighted by Crippen LogP contribution is 2.38. The third-order valence-electron chi connectivity index (χ3n) is 4.42. The fraction of sp³-hybridized carbons (Fsp3) is 0.625. The number of hydrogen-bond donors (Lipinski definition) is 2. The zero-order valence-corrected chi connectivity index (χ0v) is 13.1. The number of benzene rings is 1. The van der Waals surface area contributed by atoms with Crippen LogP contribution in [0.5, 0.6) is 5.75 Å². The lowest BCUT2D eigenvalue weighted by Crippen LogP contribution is -2.21. The Morgan fingerprint density at radius 3 is 2.65 bits per heavy atom. The first-order valence-corrected chi connectivity index (χ1v) is 7.30. The summed E-state index contributed by atoms with van der Waals surface area (Å²) in [6.45, 7) is 4.70. The zero-order valence-electron chi connectivity index (χ0n) is 13.1. The van der Waals surface area contributed by atoms with Crippen LogP contribution in [0.4, 0.5) is 0 Å². The zero-order chi connectivity index (χ0) is 14.9. The average Bonchev–Trinajstić information content (AvgIpc) is 2.76. The summed E-state index contributed by atoms with van der Waals surface area (Å²) in [4.78, 5) is 4.48. The molecule has 2 rings (SSSR count). The van der Waals surface area contributed by atoms with Gasteiger partial charge in [-0.15, -0.1) is 0 Å². The summed E-state index contributed by atoms with van der Waals surface area (Å²) in [6, 6.07) is 4.33. The minimum absolute atomic E-state index is 0.399. The minimum Gasteiger partial charge on any atom is -0.508 e. The van der Waals surface area contributed by atoms with Gasteiger partial charge < -0.3 is 15.7 Å². The van der Waals surface area contributed by atoms with Crippen molar-refractivity contribution in [1.29, 1.82) is 0 Å². The maximum atomic E-state index is 10.1. The maximum Gasteiger partial charge on any atom is 0.120 e. The van der Waals surface area contributed by atoms with Crippen LogP contribution in [0.15, 0.2) is 12.1 Å². The van der Waals surface area contributed by atoms with E-state index in [4.69, 9.17) is 5.73 Å². The summed E-state index contributed by atoms with van der Waals surface area (Å²) in [5.74, 6) is 0.978. The van der Waals surface area contributed by atoms with E-state index in [1.54, 1.807) is 0 Å². The average molecular weight is 277 g/mol. The maximum absolute atomic E-state index is 10.1. The molecule has 0 amide bonds. The Hall–Kier alpha value is -1.10. The Kier molecular flexibility index (Phi) is 4.68. The van der Waals surface area contributed by atoms with Crippen molar-refractivity contribution in [1.82, 2.24) is 9.80 Å². The fourth-order valence-electron chi connectivity index (χ4n) is 3.28. The molecule has 4 nitrogen and oxygen atoms in total. The highest BCUT2D eigenvalue weighted by atomic mass is 16.3. The van der Waals surface area contributed by atoms with Crippen LogP contribution in [0.1, 0.15) is 29.2 Å². The van der Waals surface area contributed by atoms with Crippen molar-refractivity contribution in [3.63, 3.8) is 0 Å². The molecule has 20 heavy (non-hydrogen) atoms. The van der Waals surface area contributed by atoms with E-state index in [2.05, 4.69) is 29.8 Å². The summed E-state index contributed by atoms with van der Waals surface area (Å²) in [5.41, 5.74) is 9.41. The van der Waals surface area contributed by atoms with Gasteiger partial charge in [-0.2, -0.15) is 0 Å². The van der Waals surface area contributed by atoms with E-state index in [-0.39, 0.29) is 0 Å². The van der Waals surface area contributed by atoms with E-state index >= 15 is 0 Å². The molecule has 1 heterocycles. The van der Waals surface area contributed by atoms with Crippen LogP contribution in [0.25, 0.3) is 0 Å². The summed E-state index contributed by atoms with van der Waals surface area (Å²) in [5, 5.41) is 10.1. The summed E-state index contributed by atoms with van der Waals surface area (Å²) in [7, 11) is 6.22. The van der Waals surface area contributed by atoms with E-state index in [1.807, 2.05) is 20.2 Å². The quantitative estimate of drug-likeness (QED) is 0.880. The van der Waals surface area contributed by atoms with E-state index in [0.717, 1.165) is 31.6 Å². The molecule has 0 aliphatic carbocycles. The van der Waals surface area contributed by atoms with Crippen LogP contribution in [0, 0.1) is 12.8 Å². The van der Waals surface area contributed by atoms with Crippen LogP contribution in [0.3, 0.4) is 0 Å². The first-order valence-electron chi connectivity index (χ1n) is 7.30. The monoisotopic (exact) mass is 277 g/mol. The van der Waals surface area contributed by atoms with Gasteiger partial charge in [0.15, 0.2) is 0 Å². The smallest absolute Gasteiger partial charge is 0.120 e. The van der Waals surface area contributed by atoms with E-state index < -0.39 is 0 Å². The van der Waals surface area contributed by atoms with Crippen molar-refractivity contribution in [2.24, 2.45) is 11.7 Å². The molecule has 1 aliphatic heterocycles. The van der Waals surface area contributed by atoms with Gasteiger partial charge >= 0.3 is 0 Å². The molecule has 4 heteroatoms. The minimum atomic E-state index is 0.399. The number of rotatable bonds is 4. The van der Waals surface area contributed by atoms with Gasteiger partial charge in [0.25, 0.3) is 0 Å². The highest BCUT2D eigenvalue weighted by molar-refractivity contribution is 5.45. The Balaban J connectivity index is 2.33. The molecule has 1 saturated heterocycles. The topological polar surface area (TPSA) is 52.7 Å². The van der Waals surface area contributed by atoms with Gasteiger partial charge in [0.1, 0.15) is 5.75 Å². The standard InChI is InChI=1S/C16H27N3O/c1-11-13(15-7-12(8-17)9-19(15)4)5-6-16(20)14(11)10-18(2)3/h5-6,12,15,20H,7-10,17H2,1-4H3. The van der Waals surface area contributed by atoms with E-state index in [1.165, 1.54) is 11.1 Å². The van der Waals surface area contributed by atoms with Gasteiger partial charge in [-0.3, -0.25) is 4.90 Å². The second-order valence-electron chi connectivity index (χ2n) is 6.31. The Morgan fingerprint density at radius 2 is 2.10 bits per heavy atom. The van der Waals surface area contributed by atoms with E-state index in [9.17, 15) is 5.11 Å². The molecule has 0 bridgehead atoms. The molecule has 0 saturated carbocycles. The van der Waals surface area contributed by atoms with Gasteiger partial charge in [0.05, 0.1) is 0 Å². The molecule has 1 aromatic rings. The van der Waals surface area contributed by atoms with E-state index in [0.29, 0.717) is 17.7 Å². The number of nitrogens with zero attached hydrogens (tertiary/aromatic N) is 2. The summed E-state index contributed by atoms with van der Waals surface area (Å²) >= 11 is 0. The molecule has 0 aromatic heterocycles. The molecular weight excluding hydrogens is 250 g/mol. The van der Waals surface area contributed by atoms with Crippen LogP contribution >= 0.6 is 0 Å². The molecule has 1 fully saturated rings. The third-order valence-corrected chi connectivity index (χ3v) is 4.42. The number of likely N-dealkylation sites (tertiary alicyclic amines) is 1. The molecule has 3 N–H and O–H groups in total. The van der Waals surface area contributed by atoms with Gasteiger partial charge in [-0.1, -0.05) is 6.07 Å². The molecular formula is C16H27N3O. The summed E-state index contributed by atoms with van der Waals surface area (Å²) < 4.78 is 0. The third kappa shape index (κ3) is 2.97. The number of phenolic OH excluding ortho intramolecular Hbond substituents is 1. The SMILES string of the molecule is Cc1c(C2CC(CN)CN2C)ccc(O)c1CN(C)C. The van der Waals surface area contributed by atoms with Gasteiger partial charge in [-0.05, 0) is 64.1 Å². The van der Waals surface area contributed by atoms with Crippen LogP contribution in [-0.2, 0) is 6.54 Å². The molecule has 2 atom stereocenters. The van der Waals surface area contributed by atoms with Crippen molar-refractivity contribution in [2.45, 2.75) is 25.9 Å². The predicted octanol–water partition coefficient (Wildman–Crippen LogP) is 1.71. The first-order chi connectivity index (χ1) is 9.43. The second kappa shape index (κ2) is 6.12. The number of hydrogen-bond acceptors (Lipinski definition) is 4. The molecule has 112 valence electrons. The van der Waals surface area contributed by atoms with Gasteiger partial charge in [-0.25, -0.2) is 0 Å². The van der Waals surface area contributed by atoms with Gasteiger partial charge in [0, 0.05) is 24.7 Å². The Bertz CT molecular complexity index is 473. The van der Waals surface area contributed by atoms with Crippen LogP contribution < -0.4 is 5.73 Å². The lowest BCUT2D eigenvalue weighted by atomic mass is 9.92. The fourth-order valence-corrected chi connectivity index (χ4v) is 3.28. The van der Waals surface area contributed by atoms with Gasteiger partial charge in [0.2, 0.25) is 0 Å². The Morgan fingerprint density at radius 1 is 1.40 bits per heavy atom. The summed E-state index contributed by atoms with van der Waals surface area (Å²) in [6.07, 6.45) is 1.11. The van der Waals surface area contributed by atoms with Crippen molar-refractivity contribution >= 4 is 0 Å². The molecule has 0 spiro atoms. The Labute approximate surface area is 122 Å². The number of phenols is 1. The predicted molar refractivity (Wildman–Crippen MR) is 82.8 cm³/mol. The molecule has 1 aromatic carbocycles. The highest BCUT2D eigenvalue weighted by Gasteiger charge is 2.31.